The highest BCUT2D eigenvalue weighted by Crippen LogP contribution is 2.26. The maximum Gasteiger partial charge on any atom is 0.120 e. The highest BCUT2D eigenvalue weighted by molar-refractivity contribution is 5.65. The van der Waals surface area contributed by atoms with Gasteiger partial charge in [-0.2, -0.15) is 0 Å². The Bertz CT molecular complexity index is 507. The van der Waals surface area contributed by atoms with Crippen LogP contribution in [0.4, 0.5) is 0 Å². The summed E-state index contributed by atoms with van der Waals surface area (Å²) in [5, 5.41) is 0. The smallest absolute Gasteiger partial charge is 0.120 e. The van der Waals surface area contributed by atoms with Gasteiger partial charge in [0.2, 0.25) is 0 Å². The number of hydrogen-bond acceptors (Lipinski definition) is 2. The van der Waals surface area contributed by atoms with E-state index in [-0.39, 0.29) is 12.2 Å². The summed E-state index contributed by atoms with van der Waals surface area (Å²) < 4.78 is 11.4. The summed E-state index contributed by atoms with van der Waals surface area (Å²) in [6.45, 7) is 8.05. The molecule has 2 aromatic carbocycles. The van der Waals surface area contributed by atoms with E-state index in [4.69, 9.17) is 9.47 Å². The molecule has 2 rings (SSSR count). The van der Waals surface area contributed by atoms with Gasteiger partial charge in [0.05, 0.1) is 12.2 Å². The minimum Gasteiger partial charge on any atom is -0.491 e. The molecule has 2 aromatic rings. The van der Waals surface area contributed by atoms with E-state index >= 15 is 0 Å². The Labute approximate surface area is 121 Å². The molecule has 0 heterocycles. The third-order valence-corrected chi connectivity index (χ3v) is 2.58. The van der Waals surface area contributed by atoms with Gasteiger partial charge >= 0.3 is 0 Å². The van der Waals surface area contributed by atoms with Crippen LogP contribution < -0.4 is 9.47 Å². The van der Waals surface area contributed by atoms with Crippen molar-refractivity contribution in [2.24, 2.45) is 0 Å². The van der Waals surface area contributed by atoms with Crippen LogP contribution in [0.3, 0.4) is 0 Å². The average molecular weight is 268 g/mol. The van der Waals surface area contributed by atoms with Gasteiger partial charge in [0, 0.05) is 0 Å². The Hall–Kier alpha value is -1.96. The molecule has 0 spiro atoms. The zero-order valence-corrected chi connectivity index (χ0v) is 12.4. The molecule has 0 fully saturated rings. The summed E-state index contributed by atoms with van der Waals surface area (Å²) >= 11 is 0. The molecule has 2 heteroatoms. The minimum atomic E-state index is 0.157. The van der Waals surface area contributed by atoms with Gasteiger partial charge in [0.25, 0.3) is 0 Å². The molecule has 0 aliphatic rings. The van der Waals surface area contributed by atoms with E-state index in [2.05, 4.69) is 12.1 Å². The predicted octanol–water partition coefficient (Wildman–Crippen LogP) is 4.53. The molecule has 0 amide bonds. The second-order valence-corrected chi connectivity index (χ2v) is 5.21. The Morgan fingerprint density at radius 2 is 1.15 bits per heavy atom. The Balaban J connectivity index is 2.26. The summed E-state index contributed by atoms with van der Waals surface area (Å²) in [5.41, 5.74) is 1.91. The number of ether oxygens (including phenoxy) is 2. The van der Waals surface area contributed by atoms with Gasteiger partial charge < -0.3 is 9.47 Å². The van der Waals surface area contributed by atoms with Crippen molar-refractivity contribution in [1.29, 1.82) is 0 Å². The molecular formula is C18H20O2. The van der Waals surface area contributed by atoms with Gasteiger partial charge in [-0.05, 0) is 75.2 Å². The molecule has 0 N–H and O–H groups in total. The maximum atomic E-state index is 5.71. The summed E-state index contributed by atoms with van der Waals surface area (Å²) in [5.74, 6) is 1.69. The van der Waals surface area contributed by atoms with Crippen LogP contribution in [0.5, 0.6) is 11.5 Å². The van der Waals surface area contributed by atoms with E-state index in [9.17, 15) is 0 Å². The van der Waals surface area contributed by atoms with Crippen molar-refractivity contribution in [1.82, 2.24) is 0 Å². The number of hydrogen-bond donors (Lipinski definition) is 0. The van der Waals surface area contributed by atoms with Gasteiger partial charge in [-0.15, -0.1) is 0 Å². The van der Waals surface area contributed by atoms with Crippen LogP contribution in [0.1, 0.15) is 27.7 Å². The van der Waals surface area contributed by atoms with Crippen molar-refractivity contribution < 1.29 is 9.47 Å². The van der Waals surface area contributed by atoms with Gasteiger partial charge in [0.1, 0.15) is 11.5 Å². The van der Waals surface area contributed by atoms with Crippen molar-refractivity contribution in [3.63, 3.8) is 0 Å². The fourth-order valence-electron chi connectivity index (χ4n) is 1.89. The number of rotatable bonds is 5. The quantitative estimate of drug-likeness (QED) is 0.793. The average Bonchev–Trinajstić information content (AvgIpc) is 2.38. The van der Waals surface area contributed by atoms with Crippen molar-refractivity contribution in [2.75, 3.05) is 0 Å². The molecule has 0 saturated carbocycles. The van der Waals surface area contributed by atoms with Gasteiger partial charge in [-0.1, -0.05) is 12.1 Å². The molecule has 0 atom stereocenters. The summed E-state index contributed by atoms with van der Waals surface area (Å²) in [7, 11) is 0. The van der Waals surface area contributed by atoms with Crippen LogP contribution in [0.25, 0.3) is 11.1 Å². The van der Waals surface area contributed by atoms with Crippen LogP contribution in [-0.4, -0.2) is 12.2 Å². The summed E-state index contributed by atoms with van der Waals surface area (Å²) in [6, 6.07) is 18.0. The first-order chi connectivity index (χ1) is 9.54. The lowest BCUT2D eigenvalue weighted by atomic mass is 10.1. The lowest BCUT2D eigenvalue weighted by Crippen LogP contribution is -2.05. The van der Waals surface area contributed by atoms with Crippen LogP contribution >= 0.6 is 0 Å². The molecule has 2 nitrogen and oxygen atoms in total. The monoisotopic (exact) mass is 268 g/mol. The Morgan fingerprint density at radius 3 is 1.50 bits per heavy atom. The fraction of sp³-hybridized carbons (Fsp3) is 0.333. The highest BCUT2D eigenvalue weighted by atomic mass is 16.5. The zero-order valence-electron chi connectivity index (χ0n) is 12.4. The van der Waals surface area contributed by atoms with Crippen LogP contribution in [0.2, 0.25) is 0 Å². The molecule has 0 aliphatic heterocycles. The standard InChI is InChI=1S/C18H20O2/c1-13(2)19-17-9-5-7-15(11-17)16-8-6-10-18(12-16)20-14(3)4/h5-6,9-14H,1-4H3. The Morgan fingerprint density at radius 1 is 0.750 bits per heavy atom. The van der Waals surface area contributed by atoms with E-state index < -0.39 is 0 Å². The van der Waals surface area contributed by atoms with Gasteiger partial charge in [-0.3, -0.25) is 0 Å². The minimum absolute atomic E-state index is 0.157. The van der Waals surface area contributed by atoms with Crippen LogP contribution in [0, 0.1) is 12.1 Å². The number of benzene rings is 2. The maximum absolute atomic E-state index is 5.71. The molecule has 0 aliphatic carbocycles. The molecule has 0 bridgehead atoms. The first kappa shape index (κ1) is 14.4. The lowest BCUT2D eigenvalue weighted by molar-refractivity contribution is 0.242. The van der Waals surface area contributed by atoms with Gasteiger partial charge in [-0.25, -0.2) is 0 Å². The van der Waals surface area contributed by atoms with E-state index in [1.54, 1.807) is 0 Å². The van der Waals surface area contributed by atoms with E-state index in [1.807, 2.05) is 64.1 Å². The zero-order chi connectivity index (χ0) is 14.5. The molecular weight excluding hydrogens is 248 g/mol. The fourth-order valence-corrected chi connectivity index (χ4v) is 1.89. The third-order valence-electron chi connectivity index (χ3n) is 2.58. The largest absolute Gasteiger partial charge is 0.491 e. The second kappa shape index (κ2) is 6.47. The Kier molecular flexibility index (Phi) is 4.67. The highest BCUT2D eigenvalue weighted by Gasteiger charge is 2.05. The third kappa shape index (κ3) is 4.02. The van der Waals surface area contributed by atoms with Crippen molar-refractivity contribution in [3.05, 3.63) is 48.5 Å². The van der Waals surface area contributed by atoms with Gasteiger partial charge in [0.15, 0.2) is 0 Å². The second-order valence-electron chi connectivity index (χ2n) is 5.21. The van der Waals surface area contributed by atoms with E-state index in [0.717, 1.165) is 22.6 Å². The summed E-state index contributed by atoms with van der Waals surface area (Å²) in [4.78, 5) is 0. The van der Waals surface area contributed by atoms with Crippen molar-refractivity contribution in [2.45, 2.75) is 39.9 Å². The molecule has 2 radical (unpaired) electrons. The molecule has 0 saturated heterocycles. The predicted molar refractivity (Wildman–Crippen MR) is 81.1 cm³/mol. The topological polar surface area (TPSA) is 18.5 Å². The van der Waals surface area contributed by atoms with Crippen LogP contribution in [0.15, 0.2) is 36.4 Å². The van der Waals surface area contributed by atoms with Crippen molar-refractivity contribution >= 4 is 0 Å². The van der Waals surface area contributed by atoms with Crippen molar-refractivity contribution in [3.8, 4) is 22.6 Å². The molecule has 104 valence electrons. The molecule has 20 heavy (non-hydrogen) atoms. The lowest BCUT2D eigenvalue weighted by Gasteiger charge is -2.12. The summed E-state index contributed by atoms with van der Waals surface area (Å²) in [6.07, 6.45) is 0.315. The normalized spacial score (nSPS) is 10.9. The SMILES string of the molecule is CC(C)Oc1cc[c]c(-c2[c]ccc(OC(C)C)c2)c1. The molecule has 0 aromatic heterocycles. The first-order valence-corrected chi connectivity index (χ1v) is 6.92. The first-order valence-electron chi connectivity index (χ1n) is 6.92. The van der Waals surface area contributed by atoms with E-state index in [1.165, 1.54) is 0 Å². The molecule has 0 unspecified atom stereocenters. The van der Waals surface area contributed by atoms with Crippen LogP contribution in [-0.2, 0) is 0 Å². The van der Waals surface area contributed by atoms with E-state index in [0.29, 0.717) is 0 Å².